The van der Waals surface area contributed by atoms with Gasteiger partial charge in [-0.15, -0.1) is 0 Å². The molecule has 2 aliphatic rings. The molecule has 1 aromatic carbocycles. The van der Waals surface area contributed by atoms with E-state index in [9.17, 15) is 14.7 Å². The lowest BCUT2D eigenvalue weighted by molar-refractivity contribution is -0.140. The molecule has 1 aromatic heterocycles. The molecule has 4 rings (SSSR count). The summed E-state index contributed by atoms with van der Waals surface area (Å²) >= 11 is 0. The number of carbonyl (C=O) groups excluding carboxylic acids is 2. The number of aliphatic hydroxyl groups excluding tert-OH is 1. The topological polar surface area (TPSA) is 92.2 Å². The van der Waals surface area contributed by atoms with Crippen LogP contribution in [0, 0.1) is 0 Å². The van der Waals surface area contributed by atoms with Crippen molar-refractivity contribution in [3.63, 3.8) is 0 Å². The van der Waals surface area contributed by atoms with Crippen molar-refractivity contribution in [2.75, 3.05) is 46.0 Å². The molecule has 1 atom stereocenters. The van der Waals surface area contributed by atoms with Gasteiger partial charge in [0.15, 0.2) is 0 Å². The second-order valence-electron chi connectivity index (χ2n) is 8.46. The Balaban J connectivity index is 1.63. The number of ketones is 1. The van der Waals surface area contributed by atoms with E-state index in [1.165, 1.54) is 0 Å². The summed E-state index contributed by atoms with van der Waals surface area (Å²) in [5.41, 5.74) is 1.23. The molecule has 0 aliphatic carbocycles. The Kier molecular flexibility index (Phi) is 7.92. The Bertz CT molecular complexity index is 1020. The molecule has 0 saturated carbocycles. The zero-order valence-corrected chi connectivity index (χ0v) is 19.5. The number of pyridine rings is 1. The summed E-state index contributed by atoms with van der Waals surface area (Å²) in [7, 11) is 0. The van der Waals surface area contributed by atoms with Gasteiger partial charge in [-0.05, 0) is 42.3 Å². The number of benzene rings is 1. The molecule has 1 N–H and O–H groups in total. The normalized spacial score (nSPS) is 20.6. The second kappa shape index (κ2) is 11.3. The van der Waals surface area contributed by atoms with Crippen molar-refractivity contribution in [2.45, 2.75) is 25.8 Å². The fourth-order valence-corrected chi connectivity index (χ4v) is 4.27. The molecule has 2 saturated heterocycles. The van der Waals surface area contributed by atoms with Gasteiger partial charge >= 0.3 is 0 Å². The summed E-state index contributed by atoms with van der Waals surface area (Å²) in [4.78, 5) is 34.1. The van der Waals surface area contributed by atoms with Crippen LogP contribution in [-0.4, -0.2) is 77.6 Å². The molecule has 3 heterocycles. The molecule has 8 nitrogen and oxygen atoms in total. The van der Waals surface area contributed by atoms with Gasteiger partial charge in [0.05, 0.1) is 31.4 Å². The van der Waals surface area contributed by atoms with E-state index in [2.05, 4.69) is 16.8 Å². The number of unbranched alkanes of at least 4 members (excludes halogenated alkanes) is 1. The first-order valence-electron chi connectivity index (χ1n) is 11.8. The molecule has 34 heavy (non-hydrogen) atoms. The Labute approximate surface area is 199 Å². The Morgan fingerprint density at radius 2 is 1.91 bits per heavy atom. The molecule has 2 aromatic rings. The lowest BCUT2D eigenvalue weighted by Gasteiger charge is -2.30. The minimum absolute atomic E-state index is 0.0830. The number of aliphatic hydroxyl groups is 1. The quantitative estimate of drug-likeness (QED) is 0.263. The summed E-state index contributed by atoms with van der Waals surface area (Å²) < 4.78 is 11.1. The first-order valence-corrected chi connectivity index (χ1v) is 11.8. The number of nitrogens with zero attached hydrogens (tertiary/aromatic N) is 3. The molecule has 180 valence electrons. The molecule has 0 bridgehead atoms. The maximum absolute atomic E-state index is 13.1. The zero-order valence-electron chi connectivity index (χ0n) is 19.5. The molecule has 2 aliphatic heterocycles. The number of likely N-dealkylation sites (tertiary alicyclic amines) is 1. The molecule has 0 unspecified atom stereocenters. The van der Waals surface area contributed by atoms with Gasteiger partial charge in [-0.2, -0.15) is 0 Å². The third-order valence-electron chi connectivity index (χ3n) is 6.20. The monoisotopic (exact) mass is 465 g/mol. The van der Waals surface area contributed by atoms with Crippen molar-refractivity contribution in [1.29, 1.82) is 0 Å². The lowest BCUT2D eigenvalue weighted by atomic mass is 9.96. The molecule has 0 radical (unpaired) electrons. The average molecular weight is 466 g/mol. The number of carbonyl (C=O) groups is 2. The van der Waals surface area contributed by atoms with Gasteiger partial charge < -0.3 is 19.5 Å². The SMILES string of the molecule is CCCCOc1ccc(/C(O)=C2\C(=O)C(=O)N(CCN3CCOCC3)[C@H]2c2cccnc2)cc1. The number of aromatic nitrogens is 1. The van der Waals surface area contributed by atoms with E-state index in [-0.39, 0.29) is 11.3 Å². The van der Waals surface area contributed by atoms with Gasteiger partial charge in [0.2, 0.25) is 0 Å². The summed E-state index contributed by atoms with van der Waals surface area (Å²) in [5, 5.41) is 11.2. The third-order valence-corrected chi connectivity index (χ3v) is 6.20. The second-order valence-corrected chi connectivity index (χ2v) is 8.46. The van der Waals surface area contributed by atoms with Gasteiger partial charge in [-0.3, -0.25) is 19.5 Å². The molecule has 1 amide bonds. The van der Waals surface area contributed by atoms with Crippen molar-refractivity contribution < 1.29 is 24.2 Å². The number of amides is 1. The van der Waals surface area contributed by atoms with Crippen LogP contribution in [0.4, 0.5) is 0 Å². The average Bonchev–Trinajstić information content (AvgIpc) is 3.13. The number of hydrogen-bond acceptors (Lipinski definition) is 7. The molecule has 8 heteroatoms. The van der Waals surface area contributed by atoms with E-state index in [0.717, 1.165) is 25.9 Å². The maximum atomic E-state index is 13.1. The highest BCUT2D eigenvalue weighted by molar-refractivity contribution is 6.46. The lowest BCUT2D eigenvalue weighted by Crippen LogP contribution is -2.42. The van der Waals surface area contributed by atoms with Crippen molar-refractivity contribution in [1.82, 2.24) is 14.8 Å². The van der Waals surface area contributed by atoms with Crippen molar-refractivity contribution in [3.8, 4) is 5.75 Å². The summed E-state index contributed by atoms with van der Waals surface area (Å²) in [6.45, 7) is 6.59. The van der Waals surface area contributed by atoms with Gasteiger partial charge in [-0.25, -0.2) is 0 Å². The number of Topliss-reactive ketones (excluding diaryl/α,β-unsaturated/α-hetero) is 1. The molecular formula is C26H31N3O5. The van der Waals surface area contributed by atoms with E-state index in [1.807, 2.05) is 6.07 Å². The Morgan fingerprint density at radius 3 is 2.59 bits per heavy atom. The van der Waals surface area contributed by atoms with E-state index in [0.29, 0.717) is 49.8 Å². The van der Waals surface area contributed by atoms with Crippen LogP contribution in [0.3, 0.4) is 0 Å². The minimum Gasteiger partial charge on any atom is -0.507 e. The smallest absolute Gasteiger partial charge is 0.295 e. The largest absolute Gasteiger partial charge is 0.507 e. The van der Waals surface area contributed by atoms with Gasteiger partial charge in [0, 0.05) is 44.1 Å². The van der Waals surface area contributed by atoms with Crippen LogP contribution in [0.15, 0.2) is 54.4 Å². The Hall–Kier alpha value is -3.23. The molecular weight excluding hydrogens is 434 g/mol. The van der Waals surface area contributed by atoms with Crippen LogP contribution in [0.2, 0.25) is 0 Å². The number of morpholine rings is 1. The van der Waals surface area contributed by atoms with Crippen LogP contribution >= 0.6 is 0 Å². The fourth-order valence-electron chi connectivity index (χ4n) is 4.27. The predicted octanol–water partition coefficient (Wildman–Crippen LogP) is 3.01. The maximum Gasteiger partial charge on any atom is 0.295 e. The highest BCUT2D eigenvalue weighted by Gasteiger charge is 2.46. The third kappa shape index (κ3) is 5.29. The molecule has 2 fully saturated rings. The van der Waals surface area contributed by atoms with E-state index < -0.39 is 17.7 Å². The van der Waals surface area contributed by atoms with Crippen LogP contribution in [-0.2, 0) is 14.3 Å². The van der Waals surface area contributed by atoms with Crippen LogP contribution < -0.4 is 4.74 Å². The summed E-state index contributed by atoms with van der Waals surface area (Å²) in [6.07, 6.45) is 5.27. The van der Waals surface area contributed by atoms with Crippen LogP contribution in [0.25, 0.3) is 5.76 Å². The van der Waals surface area contributed by atoms with Crippen molar-refractivity contribution >= 4 is 17.4 Å². The highest BCUT2D eigenvalue weighted by Crippen LogP contribution is 2.39. The van der Waals surface area contributed by atoms with Gasteiger partial charge in [0.25, 0.3) is 11.7 Å². The Morgan fingerprint density at radius 1 is 1.15 bits per heavy atom. The predicted molar refractivity (Wildman–Crippen MR) is 127 cm³/mol. The van der Waals surface area contributed by atoms with E-state index in [1.54, 1.807) is 47.6 Å². The highest BCUT2D eigenvalue weighted by atomic mass is 16.5. The van der Waals surface area contributed by atoms with Crippen molar-refractivity contribution in [2.24, 2.45) is 0 Å². The number of hydrogen-bond donors (Lipinski definition) is 1. The van der Waals surface area contributed by atoms with Gasteiger partial charge in [-0.1, -0.05) is 19.4 Å². The number of ether oxygens (including phenoxy) is 2. The molecule has 0 spiro atoms. The standard InChI is InChI=1S/C26H31N3O5/c1-2-3-15-34-21-8-6-19(7-9-21)24(30)22-23(20-5-4-10-27-18-20)29(26(32)25(22)31)12-11-28-13-16-33-17-14-28/h4-10,18,23,30H,2-3,11-17H2,1H3/b24-22+/t23-/m0/s1. The first kappa shape index (κ1) is 23.9. The summed E-state index contributed by atoms with van der Waals surface area (Å²) in [5.74, 6) is -0.791. The van der Waals surface area contributed by atoms with Crippen molar-refractivity contribution in [3.05, 3.63) is 65.5 Å². The van der Waals surface area contributed by atoms with Crippen LogP contribution in [0.5, 0.6) is 5.75 Å². The van der Waals surface area contributed by atoms with E-state index in [4.69, 9.17) is 9.47 Å². The van der Waals surface area contributed by atoms with E-state index >= 15 is 0 Å². The number of rotatable bonds is 9. The summed E-state index contributed by atoms with van der Waals surface area (Å²) in [6, 6.07) is 9.82. The minimum atomic E-state index is -0.699. The first-order chi connectivity index (χ1) is 16.6. The zero-order chi connectivity index (χ0) is 23.9. The van der Waals surface area contributed by atoms with Gasteiger partial charge in [0.1, 0.15) is 11.5 Å². The fraction of sp³-hybridized carbons (Fsp3) is 0.423. The van der Waals surface area contributed by atoms with Crippen LogP contribution in [0.1, 0.15) is 36.9 Å².